The fraction of sp³-hybridized carbons (Fsp3) is 0.625. The summed E-state index contributed by atoms with van der Waals surface area (Å²) in [4.78, 5) is 48.5. The minimum Gasteiger partial charge on any atom is -0.480 e. The van der Waals surface area contributed by atoms with E-state index in [4.69, 9.17) is 5.11 Å². The summed E-state index contributed by atoms with van der Waals surface area (Å²) in [6.45, 7) is 1.61. The van der Waals surface area contributed by atoms with Gasteiger partial charge in [0.05, 0.1) is 24.3 Å². The Balaban J connectivity index is 2.11. The Morgan fingerprint density at radius 1 is 1.31 bits per heavy atom. The van der Waals surface area contributed by atoms with Gasteiger partial charge in [0, 0.05) is 13.0 Å². The first-order chi connectivity index (χ1) is 13.7. The number of likely N-dealkylation sites (tertiary alicyclic amines) is 1. The number of carbonyl (C=O) groups excluding carboxylic acids is 2. The van der Waals surface area contributed by atoms with Crippen LogP contribution >= 0.6 is 0 Å². The van der Waals surface area contributed by atoms with Gasteiger partial charge < -0.3 is 25.7 Å². The van der Waals surface area contributed by atoms with Gasteiger partial charge in [-0.3, -0.25) is 19.2 Å². The van der Waals surface area contributed by atoms with Gasteiger partial charge in [-0.1, -0.05) is 5.21 Å². The quantitative estimate of drug-likeness (QED) is 0.310. The second-order valence-corrected chi connectivity index (χ2v) is 6.96. The Morgan fingerprint density at radius 3 is 2.52 bits per heavy atom. The van der Waals surface area contributed by atoms with E-state index in [0.29, 0.717) is 6.42 Å². The van der Waals surface area contributed by atoms with Crippen molar-refractivity contribution in [3.8, 4) is 0 Å². The zero-order chi connectivity index (χ0) is 21.7. The highest BCUT2D eigenvalue weighted by Gasteiger charge is 2.39. The molecule has 158 valence electrons. The molecule has 4 unspecified atom stereocenters. The van der Waals surface area contributed by atoms with Gasteiger partial charge in [0.1, 0.15) is 5.69 Å². The van der Waals surface area contributed by atoms with Crippen LogP contribution in [-0.4, -0.2) is 87.4 Å². The zero-order valence-electron chi connectivity index (χ0n) is 16.5. The Bertz CT molecular complexity index is 786. The number of hydrogen-bond acceptors (Lipinski definition) is 8. The lowest BCUT2D eigenvalue weighted by molar-refractivity contribution is -0.141. The molecule has 2 heterocycles. The molecule has 29 heavy (non-hydrogen) atoms. The van der Waals surface area contributed by atoms with Crippen molar-refractivity contribution in [1.82, 2.24) is 30.4 Å². The van der Waals surface area contributed by atoms with Crippen molar-refractivity contribution in [2.75, 3.05) is 13.6 Å². The van der Waals surface area contributed by atoms with E-state index < -0.39 is 30.1 Å². The number of carboxylic acids is 2. The van der Waals surface area contributed by atoms with Crippen molar-refractivity contribution in [3.05, 3.63) is 11.9 Å². The molecule has 4 atom stereocenters. The van der Waals surface area contributed by atoms with E-state index in [0.717, 1.165) is 0 Å². The predicted octanol–water partition coefficient (Wildman–Crippen LogP) is -2.27. The number of amides is 1. The number of aliphatic carboxylic acids is 2. The summed E-state index contributed by atoms with van der Waals surface area (Å²) in [6, 6.07) is -2.83. The van der Waals surface area contributed by atoms with Gasteiger partial charge in [-0.05, 0) is 26.8 Å². The maximum Gasteiger partial charge on any atom is 0.327 e. The van der Waals surface area contributed by atoms with Gasteiger partial charge >= 0.3 is 11.9 Å². The lowest BCUT2D eigenvalue weighted by Gasteiger charge is -2.23. The molecule has 2 rings (SSSR count). The highest BCUT2D eigenvalue weighted by molar-refractivity contribution is 6.06. The molecule has 4 N–H and O–H groups in total. The first-order valence-electron chi connectivity index (χ1n) is 9.21. The average molecular weight is 408 g/mol. The van der Waals surface area contributed by atoms with Crippen LogP contribution in [0.2, 0.25) is 0 Å². The highest BCUT2D eigenvalue weighted by atomic mass is 16.4. The van der Waals surface area contributed by atoms with Gasteiger partial charge in [-0.15, -0.1) is 5.10 Å². The molecular formula is C16H25BN6O6. The molecule has 0 aromatic carbocycles. The molecule has 1 aliphatic rings. The predicted molar refractivity (Wildman–Crippen MR) is 102 cm³/mol. The van der Waals surface area contributed by atoms with E-state index in [2.05, 4.69) is 20.9 Å². The minimum atomic E-state index is -1.10. The van der Waals surface area contributed by atoms with Crippen LogP contribution in [0.3, 0.4) is 0 Å². The summed E-state index contributed by atoms with van der Waals surface area (Å²) in [5, 5.41) is 31.4. The maximum atomic E-state index is 12.6. The molecule has 1 aromatic rings. The van der Waals surface area contributed by atoms with Crippen LogP contribution in [-0.2, 0) is 19.2 Å². The number of ketones is 1. The van der Waals surface area contributed by atoms with Crippen LogP contribution in [0.15, 0.2) is 6.20 Å². The number of likely N-dealkylation sites (N-methyl/N-ethyl adjacent to an activating group) is 1. The van der Waals surface area contributed by atoms with Crippen LogP contribution in [0, 0.1) is 0 Å². The lowest BCUT2D eigenvalue weighted by Crippen LogP contribution is -2.41. The lowest BCUT2D eigenvalue weighted by atomic mass is 10.1. The molecule has 0 aliphatic carbocycles. The average Bonchev–Trinajstić information content (AvgIpc) is 3.29. The van der Waals surface area contributed by atoms with Crippen molar-refractivity contribution in [2.45, 2.75) is 50.4 Å². The molecule has 0 spiro atoms. The third-order valence-electron chi connectivity index (χ3n) is 5.10. The Hall–Kier alpha value is -2.80. The molecule has 0 bridgehead atoms. The van der Waals surface area contributed by atoms with Crippen molar-refractivity contribution >= 4 is 31.6 Å². The number of aromatic nitrogens is 3. The summed E-state index contributed by atoms with van der Waals surface area (Å²) in [5.41, 5.74) is 0.225. The second kappa shape index (κ2) is 9.61. The van der Waals surface area contributed by atoms with E-state index in [-0.39, 0.29) is 42.8 Å². The van der Waals surface area contributed by atoms with Crippen LogP contribution in [0.5, 0.6) is 0 Å². The Labute approximate surface area is 168 Å². The molecule has 13 heteroatoms. The molecule has 1 fully saturated rings. The molecule has 12 nitrogen and oxygen atoms in total. The maximum absolute atomic E-state index is 12.6. The smallest absolute Gasteiger partial charge is 0.327 e. The van der Waals surface area contributed by atoms with E-state index in [1.165, 1.54) is 37.7 Å². The Kier molecular flexibility index (Phi) is 7.45. The van der Waals surface area contributed by atoms with Crippen LogP contribution < -0.4 is 10.5 Å². The van der Waals surface area contributed by atoms with Gasteiger partial charge in [-0.2, -0.15) is 0 Å². The Morgan fingerprint density at radius 2 is 2.00 bits per heavy atom. The third kappa shape index (κ3) is 5.18. The second-order valence-electron chi connectivity index (χ2n) is 6.96. The van der Waals surface area contributed by atoms with E-state index >= 15 is 0 Å². The normalized spacial score (nSPS) is 21.0. The SMILES string of the molecule is BNC(CCC(=O)N1CC(n2cc(C(NC)C(=O)O)nn2)CC1C(C)=O)C(=O)O. The number of rotatable bonds is 10. The van der Waals surface area contributed by atoms with Crippen LogP contribution in [0.25, 0.3) is 0 Å². The topological polar surface area (TPSA) is 167 Å². The number of nitrogens with one attached hydrogen (secondary N) is 2. The molecule has 0 saturated carbocycles. The first kappa shape index (κ1) is 22.5. The summed E-state index contributed by atoms with van der Waals surface area (Å²) < 4.78 is 1.47. The molecule has 1 saturated heterocycles. The largest absolute Gasteiger partial charge is 0.480 e. The zero-order valence-corrected chi connectivity index (χ0v) is 16.5. The summed E-state index contributed by atoms with van der Waals surface area (Å²) in [7, 11) is 3.00. The number of Topliss-reactive ketones (excluding diaryl/α,β-unsaturated/α-hetero) is 1. The summed E-state index contributed by atoms with van der Waals surface area (Å²) >= 11 is 0. The summed E-state index contributed by atoms with van der Waals surface area (Å²) in [6.07, 6.45) is 1.91. The van der Waals surface area contributed by atoms with Crippen molar-refractivity contribution in [1.29, 1.82) is 0 Å². The standard InChI is InChI=1S/C16H25BN6O6/c1-8(24)12-5-9(23-7-11(20-21-23)14(18-2)16(28)29)6-22(12)13(25)4-3-10(19-17)15(26)27/h7,9-10,12,14,18-19H,3-6,17H2,1-2H3,(H,26,27)(H,28,29). The van der Waals surface area contributed by atoms with Gasteiger partial charge in [-0.25, -0.2) is 4.68 Å². The number of carbonyl (C=O) groups is 4. The van der Waals surface area contributed by atoms with Crippen LogP contribution in [0.4, 0.5) is 0 Å². The van der Waals surface area contributed by atoms with Crippen molar-refractivity contribution in [2.24, 2.45) is 0 Å². The summed E-state index contributed by atoms with van der Waals surface area (Å²) in [5.74, 6) is -2.63. The molecular weight excluding hydrogens is 383 g/mol. The van der Waals surface area contributed by atoms with Gasteiger partial charge in [0.25, 0.3) is 0 Å². The van der Waals surface area contributed by atoms with Crippen molar-refractivity contribution in [3.63, 3.8) is 0 Å². The number of carboxylic acid groups (broad SMARTS) is 2. The fourth-order valence-corrected chi connectivity index (χ4v) is 3.47. The van der Waals surface area contributed by atoms with E-state index in [1.54, 1.807) is 0 Å². The number of hydrogen-bond donors (Lipinski definition) is 4. The minimum absolute atomic E-state index is 0.0161. The van der Waals surface area contributed by atoms with Gasteiger partial charge in [0.2, 0.25) is 5.91 Å². The molecule has 0 radical (unpaired) electrons. The van der Waals surface area contributed by atoms with Gasteiger partial charge in [0.15, 0.2) is 19.8 Å². The fourth-order valence-electron chi connectivity index (χ4n) is 3.47. The highest BCUT2D eigenvalue weighted by Crippen LogP contribution is 2.29. The number of nitrogens with zero attached hydrogens (tertiary/aromatic N) is 4. The van der Waals surface area contributed by atoms with E-state index in [1.807, 2.05) is 0 Å². The van der Waals surface area contributed by atoms with Crippen LogP contribution in [0.1, 0.15) is 44.0 Å². The van der Waals surface area contributed by atoms with Crippen molar-refractivity contribution < 1.29 is 29.4 Å². The molecule has 1 aromatic heterocycles. The molecule has 1 aliphatic heterocycles. The molecule has 1 amide bonds. The van der Waals surface area contributed by atoms with E-state index in [9.17, 15) is 24.3 Å². The monoisotopic (exact) mass is 408 g/mol. The first-order valence-corrected chi connectivity index (χ1v) is 9.21. The third-order valence-corrected chi connectivity index (χ3v) is 5.10.